The van der Waals surface area contributed by atoms with Crippen LogP contribution in [0.15, 0.2) is 12.7 Å². The van der Waals surface area contributed by atoms with E-state index in [9.17, 15) is 4.79 Å². The Bertz CT molecular complexity index is 286. The van der Waals surface area contributed by atoms with Gasteiger partial charge in [0.25, 0.3) is 0 Å². The van der Waals surface area contributed by atoms with Crippen LogP contribution in [0.3, 0.4) is 0 Å². The number of aliphatic hydroxyl groups excluding tert-OH is 3. The summed E-state index contributed by atoms with van der Waals surface area (Å²) in [6.07, 6.45) is 2.97. The van der Waals surface area contributed by atoms with E-state index in [0.29, 0.717) is 25.0 Å². The van der Waals surface area contributed by atoms with Gasteiger partial charge in [-0.2, -0.15) is 0 Å². The van der Waals surface area contributed by atoms with Crippen LogP contribution in [0.5, 0.6) is 0 Å². The number of carbonyl (C=O) groups is 1. The van der Waals surface area contributed by atoms with E-state index < -0.39 is 5.97 Å². The van der Waals surface area contributed by atoms with Gasteiger partial charge in [0.15, 0.2) is 0 Å². The van der Waals surface area contributed by atoms with E-state index in [1.807, 2.05) is 0 Å². The maximum absolute atomic E-state index is 9.25. The highest BCUT2D eigenvalue weighted by Crippen LogP contribution is 2.12. The van der Waals surface area contributed by atoms with Crippen molar-refractivity contribution in [2.75, 3.05) is 46.2 Å². The first-order chi connectivity index (χ1) is 11.1. The number of ether oxygens (including phenoxy) is 3. The lowest BCUT2D eigenvalue weighted by Gasteiger charge is -2.07. The van der Waals surface area contributed by atoms with Crippen LogP contribution in [0.1, 0.15) is 12.8 Å². The summed E-state index contributed by atoms with van der Waals surface area (Å²) in [5.41, 5.74) is 0. The number of aliphatic carboxylic acids is 1. The van der Waals surface area contributed by atoms with Crippen LogP contribution in [0.2, 0.25) is 0 Å². The first-order valence-electron chi connectivity index (χ1n) is 7.56. The molecular formula is C15H28O8. The molecule has 8 heteroatoms. The molecule has 0 aromatic rings. The Morgan fingerprint density at radius 1 is 1.17 bits per heavy atom. The number of rotatable bonds is 10. The van der Waals surface area contributed by atoms with Crippen LogP contribution in [0, 0.1) is 5.92 Å². The van der Waals surface area contributed by atoms with Crippen molar-refractivity contribution in [1.29, 1.82) is 0 Å². The largest absolute Gasteiger partial charge is 0.478 e. The fraction of sp³-hybridized carbons (Fsp3) is 0.800. The Labute approximate surface area is 136 Å². The number of aliphatic hydroxyl groups is 3. The van der Waals surface area contributed by atoms with Gasteiger partial charge in [0.05, 0.1) is 26.4 Å². The van der Waals surface area contributed by atoms with E-state index in [-0.39, 0.29) is 25.7 Å². The Kier molecular flexibility index (Phi) is 13.9. The predicted octanol–water partition coefficient (Wildman–Crippen LogP) is -0.583. The van der Waals surface area contributed by atoms with Gasteiger partial charge in [-0.15, -0.1) is 0 Å². The molecule has 2 aliphatic rings. The van der Waals surface area contributed by atoms with Crippen LogP contribution >= 0.6 is 0 Å². The second-order valence-corrected chi connectivity index (χ2v) is 5.09. The lowest BCUT2D eigenvalue weighted by molar-refractivity contribution is -0.131. The zero-order chi connectivity index (χ0) is 17.5. The van der Waals surface area contributed by atoms with Gasteiger partial charge in [0.1, 0.15) is 12.2 Å². The summed E-state index contributed by atoms with van der Waals surface area (Å²) in [5, 5.41) is 33.0. The summed E-state index contributed by atoms with van der Waals surface area (Å²) in [6, 6.07) is 0. The molecule has 0 bridgehead atoms. The van der Waals surface area contributed by atoms with Crippen molar-refractivity contribution in [2.45, 2.75) is 25.0 Å². The molecule has 23 heavy (non-hydrogen) atoms. The average molecular weight is 336 g/mol. The molecule has 0 aromatic heterocycles. The smallest absolute Gasteiger partial charge is 0.327 e. The average Bonchev–Trinajstić information content (AvgIpc) is 3.45. The van der Waals surface area contributed by atoms with E-state index in [2.05, 4.69) is 6.58 Å². The molecule has 0 amide bonds. The summed E-state index contributed by atoms with van der Waals surface area (Å²) in [7, 11) is 0. The third-order valence-corrected chi connectivity index (χ3v) is 2.87. The fourth-order valence-corrected chi connectivity index (χ4v) is 1.28. The van der Waals surface area contributed by atoms with Gasteiger partial charge in [-0.25, -0.2) is 4.79 Å². The summed E-state index contributed by atoms with van der Waals surface area (Å²) in [5.74, 6) is -1.03. The summed E-state index contributed by atoms with van der Waals surface area (Å²) in [6.45, 7) is 6.38. The van der Waals surface area contributed by atoms with Crippen molar-refractivity contribution in [3.05, 3.63) is 12.7 Å². The van der Waals surface area contributed by atoms with Crippen molar-refractivity contribution in [3.63, 3.8) is 0 Å². The minimum absolute atomic E-state index is 0.0104. The van der Waals surface area contributed by atoms with E-state index >= 15 is 0 Å². The summed E-state index contributed by atoms with van der Waals surface area (Å²) < 4.78 is 15.1. The highest BCUT2D eigenvalue weighted by Gasteiger charge is 2.26. The molecule has 8 nitrogen and oxygen atoms in total. The second kappa shape index (κ2) is 14.6. The lowest BCUT2D eigenvalue weighted by atomic mass is 10.1. The minimum Gasteiger partial charge on any atom is -0.478 e. The van der Waals surface area contributed by atoms with E-state index in [1.165, 1.54) is 0 Å². The second-order valence-electron chi connectivity index (χ2n) is 5.09. The lowest BCUT2D eigenvalue weighted by Crippen LogP contribution is -2.11. The van der Waals surface area contributed by atoms with Crippen molar-refractivity contribution in [3.8, 4) is 0 Å². The Hall–Kier alpha value is -1.03. The minimum atomic E-state index is -0.981. The van der Waals surface area contributed by atoms with Gasteiger partial charge in [0, 0.05) is 31.8 Å². The monoisotopic (exact) mass is 336 g/mol. The van der Waals surface area contributed by atoms with Crippen LogP contribution in [0.25, 0.3) is 0 Å². The Morgan fingerprint density at radius 2 is 1.61 bits per heavy atom. The fourth-order valence-electron chi connectivity index (χ4n) is 1.28. The molecule has 0 spiro atoms. The van der Waals surface area contributed by atoms with E-state index in [4.69, 9.17) is 34.6 Å². The molecule has 2 atom stereocenters. The van der Waals surface area contributed by atoms with Gasteiger partial charge in [-0.1, -0.05) is 6.58 Å². The molecule has 0 aromatic carbocycles. The molecule has 2 unspecified atom stereocenters. The topological polar surface area (TPSA) is 132 Å². The maximum Gasteiger partial charge on any atom is 0.327 e. The van der Waals surface area contributed by atoms with Crippen LogP contribution in [0.4, 0.5) is 0 Å². The standard InChI is InChI=1S/C6H10O3.C6H14O3.C3H4O2/c1(5-3-8-5)7-2-6-4-9-6;7-3-1-2-6(4-8)5-9;1-2-3(4)5/h5-6H,1-4H2;6-9H,1-5H2;2H,1H2,(H,4,5). The van der Waals surface area contributed by atoms with Gasteiger partial charge in [-0.05, 0) is 12.8 Å². The van der Waals surface area contributed by atoms with Gasteiger partial charge >= 0.3 is 5.97 Å². The van der Waals surface area contributed by atoms with Crippen LogP contribution in [-0.2, 0) is 19.0 Å². The highest BCUT2D eigenvalue weighted by molar-refractivity contribution is 5.78. The van der Waals surface area contributed by atoms with Gasteiger partial charge in [0.2, 0.25) is 0 Å². The van der Waals surface area contributed by atoms with E-state index in [0.717, 1.165) is 32.5 Å². The normalized spacial score (nSPS) is 20.7. The number of hydrogen-bond donors (Lipinski definition) is 4. The Balaban J connectivity index is 0.000000332. The van der Waals surface area contributed by atoms with Crippen molar-refractivity contribution in [1.82, 2.24) is 0 Å². The molecule has 136 valence electrons. The number of carboxylic acid groups (broad SMARTS) is 1. The van der Waals surface area contributed by atoms with Crippen LogP contribution < -0.4 is 0 Å². The summed E-state index contributed by atoms with van der Waals surface area (Å²) in [4.78, 5) is 9.25. The first-order valence-corrected chi connectivity index (χ1v) is 7.56. The number of carboxylic acids is 1. The molecule has 0 saturated carbocycles. The van der Waals surface area contributed by atoms with Gasteiger partial charge < -0.3 is 34.6 Å². The molecule has 4 N–H and O–H groups in total. The summed E-state index contributed by atoms with van der Waals surface area (Å²) >= 11 is 0. The van der Waals surface area contributed by atoms with Gasteiger partial charge in [-0.3, -0.25) is 0 Å². The van der Waals surface area contributed by atoms with Crippen molar-refractivity contribution >= 4 is 5.97 Å². The molecule has 2 aliphatic heterocycles. The van der Waals surface area contributed by atoms with Crippen molar-refractivity contribution in [2.24, 2.45) is 5.92 Å². The van der Waals surface area contributed by atoms with Crippen molar-refractivity contribution < 1.29 is 39.4 Å². The number of hydrogen-bond acceptors (Lipinski definition) is 7. The first kappa shape index (κ1) is 22.0. The van der Waals surface area contributed by atoms with Crippen LogP contribution in [-0.4, -0.2) is 84.9 Å². The third-order valence-electron chi connectivity index (χ3n) is 2.87. The molecule has 2 rings (SSSR count). The molecule has 0 radical (unpaired) electrons. The maximum atomic E-state index is 9.25. The SMILES string of the molecule is C(OCC1CO1)C1CO1.C=CC(=O)O.OCCCC(CO)CO. The van der Waals surface area contributed by atoms with E-state index in [1.54, 1.807) is 0 Å². The predicted molar refractivity (Wildman–Crippen MR) is 82.1 cm³/mol. The number of epoxide rings is 2. The molecule has 2 saturated heterocycles. The molecule has 2 heterocycles. The Morgan fingerprint density at radius 3 is 1.87 bits per heavy atom. The quantitative estimate of drug-likeness (QED) is 0.308. The molecular weight excluding hydrogens is 308 g/mol. The molecule has 0 aliphatic carbocycles. The third kappa shape index (κ3) is 17.2. The molecule has 2 fully saturated rings. The zero-order valence-corrected chi connectivity index (χ0v) is 13.3. The highest BCUT2D eigenvalue weighted by atomic mass is 16.6. The zero-order valence-electron chi connectivity index (χ0n) is 13.3.